The molecule has 7 nitrogen and oxygen atoms in total. The summed E-state index contributed by atoms with van der Waals surface area (Å²) in [5.41, 5.74) is 3.38. The van der Waals surface area contributed by atoms with E-state index < -0.39 is 12.0 Å². The maximum Gasteiger partial charge on any atom is 0.284 e. The molecule has 0 saturated carbocycles. The van der Waals surface area contributed by atoms with Crippen molar-refractivity contribution in [3.8, 4) is 23.0 Å². The number of phenolic OH excluding ortho intramolecular Hbond substituents is 1. The zero-order valence-corrected chi connectivity index (χ0v) is 13.9. The smallest absolute Gasteiger partial charge is 0.284 e. The van der Waals surface area contributed by atoms with Gasteiger partial charge in [-0.3, -0.25) is 4.79 Å². The van der Waals surface area contributed by atoms with Crippen molar-refractivity contribution in [2.75, 3.05) is 13.7 Å². The lowest BCUT2D eigenvalue weighted by molar-refractivity contribution is -0.130. The van der Waals surface area contributed by atoms with Gasteiger partial charge in [-0.05, 0) is 31.2 Å². The van der Waals surface area contributed by atoms with Crippen molar-refractivity contribution in [2.24, 2.45) is 5.10 Å². The van der Waals surface area contributed by atoms with Crippen LogP contribution >= 0.6 is 0 Å². The summed E-state index contributed by atoms with van der Waals surface area (Å²) in [6, 6.07) is 12.0. The highest BCUT2D eigenvalue weighted by Gasteiger charge is 2.27. The van der Waals surface area contributed by atoms with E-state index in [9.17, 15) is 9.90 Å². The standard InChI is InChI=1S/C18H18N2O5/c1-11(13-8-7-12(23-2)9-14(13)21)19-20-18(22)17-10-24-15-5-3-4-6-16(15)25-17/h3-9,17,21H,10H2,1-2H3,(H,20,22)/b19-11+/t17-/m1/s1. The number of amides is 1. The molecule has 3 rings (SSSR count). The lowest BCUT2D eigenvalue weighted by atomic mass is 10.1. The number of benzene rings is 2. The lowest BCUT2D eigenvalue weighted by Crippen LogP contribution is -2.42. The monoisotopic (exact) mass is 342 g/mol. The first-order valence-corrected chi connectivity index (χ1v) is 7.68. The topological polar surface area (TPSA) is 89.4 Å². The SMILES string of the molecule is COc1ccc(/C(C)=N/NC(=O)[C@H]2COc3ccccc3O2)c(O)c1. The number of methoxy groups -OCH3 is 1. The van der Waals surface area contributed by atoms with Gasteiger partial charge in [-0.25, -0.2) is 5.43 Å². The van der Waals surface area contributed by atoms with Gasteiger partial charge in [-0.15, -0.1) is 0 Å². The molecule has 0 unspecified atom stereocenters. The summed E-state index contributed by atoms with van der Waals surface area (Å²) in [5.74, 6) is 1.24. The van der Waals surface area contributed by atoms with Crippen LogP contribution in [0.1, 0.15) is 12.5 Å². The van der Waals surface area contributed by atoms with Gasteiger partial charge in [0.2, 0.25) is 6.10 Å². The largest absolute Gasteiger partial charge is 0.507 e. The molecular weight excluding hydrogens is 324 g/mol. The second-order valence-corrected chi connectivity index (χ2v) is 5.42. The quantitative estimate of drug-likeness (QED) is 0.656. The van der Waals surface area contributed by atoms with Crippen molar-refractivity contribution < 1.29 is 24.1 Å². The van der Waals surface area contributed by atoms with Crippen molar-refractivity contribution in [1.82, 2.24) is 5.43 Å². The summed E-state index contributed by atoms with van der Waals surface area (Å²) < 4.78 is 16.2. The molecule has 0 radical (unpaired) electrons. The average Bonchev–Trinajstić information content (AvgIpc) is 2.65. The Balaban J connectivity index is 1.66. The zero-order valence-electron chi connectivity index (χ0n) is 13.9. The number of hydrogen-bond donors (Lipinski definition) is 2. The minimum Gasteiger partial charge on any atom is -0.507 e. The summed E-state index contributed by atoms with van der Waals surface area (Å²) in [7, 11) is 1.51. The Morgan fingerprint density at radius 2 is 2.04 bits per heavy atom. The Labute approximate surface area is 144 Å². The van der Waals surface area contributed by atoms with E-state index in [2.05, 4.69) is 10.5 Å². The second kappa shape index (κ2) is 7.12. The molecule has 2 N–H and O–H groups in total. The number of phenols is 1. The van der Waals surface area contributed by atoms with Crippen molar-refractivity contribution in [3.05, 3.63) is 48.0 Å². The highest BCUT2D eigenvalue weighted by molar-refractivity contribution is 6.01. The molecule has 7 heteroatoms. The molecule has 0 aromatic heterocycles. The van der Waals surface area contributed by atoms with Gasteiger partial charge in [0.15, 0.2) is 11.5 Å². The number of carbonyl (C=O) groups is 1. The third kappa shape index (κ3) is 3.65. The number of nitrogens with zero attached hydrogens (tertiary/aromatic N) is 1. The molecule has 0 fully saturated rings. The molecule has 0 spiro atoms. The van der Waals surface area contributed by atoms with E-state index >= 15 is 0 Å². The molecule has 1 aliphatic heterocycles. The van der Waals surface area contributed by atoms with Crippen molar-refractivity contribution in [3.63, 3.8) is 0 Å². The number of fused-ring (bicyclic) bond motifs is 1. The van der Waals surface area contributed by atoms with E-state index in [0.717, 1.165) is 0 Å². The van der Waals surface area contributed by atoms with Crippen molar-refractivity contribution in [1.29, 1.82) is 0 Å². The van der Waals surface area contributed by atoms with E-state index in [4.69, 9.17) is 14.2 Å². The molecule has 130 valence electrons. The summed E-state index contributed by atoms with van der Waals surface area (Å²) in [4.78, 5) is 12.2. The number of rotatable bonds is 4. The molecule has 2 aromatic rings. The lowest BCUT2D eigenvalue weighted by Gasteiger charge is -2.24. The molecule has 1 aliphatic rings. The normalized spacial score (nSPS) is 16.2. The molecule has 1 amide bonds. The van der Waals surface area contributed by atoms with E-state index in [1.54, 1.807) is 37.3 Å². The molecule has 0 aliphatic carbocycles. The maximum atomic E-state index is 12.2. The zero-order chi connectivity index (χ0) is 17.8. The molecule has 1 heterocycles. The average molecular weight is 342 g/mol. The number of nitrogens with one attached hydrogen (secondary N) is 1. The summed E-state index contributed by atoms with van der Waals surface area (Å²) in [5, 5.41) is 14.0. The van der Waals surface area contributed by atoms with Gasteiger partial charge in [0.05, 0.1) is 12.8 Å². The molecule has 25 heavy (non-hydrogen) atoms. The predicted molar refractivity (Wildman–Crippen MR) is 91.4 cm³/mol. The summed E-state index contributed by atoms with van der Waals surface area (Å²) in [6.45, 7) is 1.78. The minimum absolute atomic E-state index is 0.0148. The van der Waals surface area contributed by atoms with Gasteiger partial charge < -0.3 is 19.3 Å². The summed E-state index contributed by atoms with van der Waals surface area (Å²) >= 11 is 0. The Morgan fingerprint density at radius 3 is 2.76 bits per heavy atom. The predicted octanol–water partition coefficient (Wildman–Crippen LogP) is 2.08. The Bertz CT molecular complexity index is 819. The first-order valence-electron chi connectivity index (χ1n) is 7.68. The van der Waals surface area contributed by atoms with Crippen LogP contribution in [0.3, 0.4) is 0 Å². The highest BCUT2D eigenvalue weighted by Crippen LogP contribution is 2.30. The molecule has 0 bridgehead atoms. The Hall–Kier alpha value is -3.22. The van der Waals surface area contributed by atoms with Crippen molar-refractivity contribution >= 4 is 11.6 Å². The highest BCUT2D eigenvalue weighted by atomic mass is 16.6. The van der Waals surface area contributed by atoms with Crippen molar-refractivity contribution in [2.45, 2.75) is 13.0 Å². The van der Waals surface area contributed by atoms with Crippen LogP contribution in [0.15, 0.2) is 47.6 Å². The fourth-order valence-corrected chi connectivity index (χ4v) is 2.36. The van der Waals surface area contributed by atoms with Crippen LogP contribution in [0.5, 0.6) is 23.0 Å². The van der Waals surface area contributed by atoms with Crippen LogP contribution in [0.25, 0.3) is 0 Å². The number of ether oxygens (including phenoxy) is 3. The molecular formula is C18H18N2O5. The fraction of sp³-hybridized carbons (Fsp3) is 0.222. The van der Waals surface area contributed by atoms with Crippen LogP contribution < -0.4 is 19.6 Å². The third-order valence-electron chi connectivity index (χ3n) is 3.73. The van der Waals surface area contributed by atoms with Gasteiger partial charge in [-0.1, -0.05) is 12.1 Å². The van der Waals surface area contributed by atoms with Crippen LogP contribution in [0.4, 0.5) is 0 Å². The van der Waals surface area contributed by atoms with E-state index in [1.807, 2.05) is 6.07 Å². The number of hydrogen-bond acceptors (Lipinski definition) is 6. The number of hydrazone groups is 1. The Morgan fingerprint density at radius 1 is 1.28 bits per heavy atom. The minimum atomic E-state index is -0.795. The van der Waals surface area contributed by atoms with E-state index in [0.29, 0.717) is 28.5 Å². The van der Waals surface area contributed by atoms with Gasteiger partial charge in [0, 0.05) is 11.6 Å². The van der Waals surface area contributed by atoms with Gasteiger partial charge in [0.25, 0.3) is 5.91 Å². The Kier molecular flexibility index (Phi) is 4.74. The van der Waals surface area contributed by atoms with Crippen LogP contribution in [-0.2, 0) is 4.79 Å². The van der Waals surface area contributed by atoms with E-state index in [-0.39, 0.29) is 12.4 Å². The third-order valence-corrected chi connectivity index (χ3v) is 3.73. The maximum absolute atomic E-state index is 12.2. The first kappa shape index (κ1) is 16.6. The number of carbonyl (C=O) groups excluding carboxylic acids is 1. The first-order chi connectivity index (χ1) is 12.1. The van der Waals surface area contributed by atoms with Crippen LogP contribution in [0.2, 0.25) is 0 Å². The number of aromatic hydroxyl groups is 1. The van der Waals surface area contributed by atoms with Gasteiger partial charge >= 0.3 is 0 Å². The van der Waals surface area contributed by atoms with Crippen LogP contribution in [0, 0.1) is 0 Å². The van der Waals surface area contributed by atoms with Crippen LogP contribution in [-0.4, -0.2) is 36.5 Å². The fourth-order valence-electron chi connectivity index (χ4n) is 2.36. The van der Waals surface area contributed by atoms with Gasteiger partial charge in [0.1, 0.15) is 18.1 Å². The second-order valence-electron chi connectivity index (χ2n) is 5.42. The molecule has 1 atom stereocenters. The molecule has 2 aromatic carbocycles. The number of para-hydroxylation sites is 2. The van der Waals surface area contributed by atoms with E-state index in [1.165, 1.54) is 13.2 Å². The summed E-state index contributed by atoms with van der Waals surface area (Å²) in [6.07, 6.45) is -0.795. The van der Waals surface area contributed by atoms with Gasteiger partial charge in [-0.2, -0.15) is 5.10 Å². The molecule has 0 saturated heterocycles.